The van der Waals surface area contributed by atoms with E-state index in [0.717, 1.165) is 62.4 Å². The van der Waals surface area contributed by atoms with E-state index in [1.165, 1.54) is 15.5 Å². The van der Waals surface area contributed by atoms with Crippen LogP contribution in [0.5, 0.6) is 0 Å². The van der Waals surface area contributed by atoms with Crippen molar-refractivity contribution in [1.29, 1.82) is 0 Å². The number of rotatable bonds is 3. The second-order valence-corrected chi connectivity index (χ2v) is 8.14. The smallest absolute Gasteiger partial charge is 0.238 e. The first-order valence-corrected chi connectivity index (χ1v) is 10.1. The number of ether oxygens (including phenoxy) is 1. The fourth-order valence-corrected chi connectivity index (χ4v) is 4.95. The molecule has 5 heteroatoms. The maximum Gasteiger partial charge on any atom is 0.238 e. The summed E-state index contributed by atoms with van der Waals surface area (Å²) >= 11 is 0. The Morgan fingerprint density at radius 2 is 1.74 bits per heavy atom. The predicted molar refractivity (Wildman–Crippen MR) is 103 cm³/mol. The van der Waals surface area contributed by atoms with Crippen LogP contribution in [-0.4, -0.2) is 38.1 Å². The number of nitrogens with zero attached hydrogens (tertiary/aromatic N) is 1. The van der Waals surface area contributed by atoms with Crippen molar-refractivity contribution in [2.45, 2.75) is 39.5 Å². The summed E-state index contributed by atoms with van der Waals surface area (Å²) < 4.78 is 5.51. The lowest BCUT2D eigenvalue weighted by atomic mass is 9.80. The molecule has 4 rings (SSSR count). The van der Waals surface area contributed by atoms with Crippen LogP contribution < -0.4 is 9.80 Å². The van der Waals surface area contributed by atoms with Crippen molar-refractivity contribution in [2.75, 3.05) is 31.2 Å². The highest BCUT2D eigenvalue weighted by atomic mass is 16.5. The van der Waals surface area contributed by atoms with Crippen molar-refractivity contribution in [3.05, 3.63) is 41.1 Å². The third-order valence-corrected chi connectivity index (χ3v) is 6.12. The number of quaternary nitrogens is 1. The van der Waals surface area contributed by atoms with Gasteiger partial charge in [-0.3, -0.25) is 14.5 Å². The summed E-state index contributed by atoms with van der Waals surface area (Å²) in [6, 6.07) is 5.95. The molecule has 5 nitrogen and oxygen atoms in total. The van der Waals surface area contributed by atoms with E-state index in [4.69, 9.17) is 4.74 Å². The molecule has 1 N–H and O–H groups in total. The van der Waals surface area contributed by atoms with Gasteiger partial charge in [-0.25, -0.2) is 0 Å². The maximum atomic E-state index is 13.3. The lowest BCUT2D eigenvalue weighted by molar-refractivity contribution is -0.874. The number of carbonyl (C=O) groups excluding carboxylic acids is 2. The summed E-state index contributed by atoms with van der Waals surface area (Å²) in [4.78, 5) is 29.0. The largest absolute Gasteiger partial charge is 0.370 e. The van der Waals surface area contributed by atoms with E-state index >= 15 is 0 Å². The van der Waals surface area contributed by atoms with Gasteiger partial charge in [-0.2, -0.15) is 0 Å². The number of nitrogens with one attached hydrogen (secondary N) is 1. The lowest BCUT2D eigenvalue weighted by Gasteiger charge is -2.34. The van der Waals surface area contributed by atoms with Gasteiger partial charge in [0.25, 0.3) is 0 Å². The quantitative estimate of drug-likeness (QED) is 0.827. The highest BCUT2D eigenvalue weighted by Gasteiger charge is 2.47. The Hall–Kier alpha value is -1.98. The van der Waals surface area contributed by atoms with Gasteiger partial charge >= 0.3 is 0 Å². The minimum absolute atomic E-state index is 0.0181. The van der Waals surface area contributed by atoms with Gasteiger partial charge < -0.3 is 9.64 Å². The normalized spacial score (nSPS) is 27.2. The average Bonchev–Trinajstić information content (AvgIpc) is 2.96. The zero-order chi connectivity index (χ0) is 19.0. The summed E-state index contributed by atoms with van der Waals surface area (Å²) in [7, 11) is 0. The number of aryl methyl sites for hydroxylation is 2. The van der Waals surface area contributed by atoms with E-state index in [1.807, 2.05) is 26.0 Å². The van der Waals surface area contributed by atoms with Gasteiger partial charge in [0, 0.05) is 12.3 Å². The van der Waals surface area contributed by atoms with Gasteiger partial charge in [-0.15, -0.1) is 0 Å². The number of imide groups is 1. The van der Waals surface area contributed by atoms with E-state index < -0.39 is 0 Å². The van der Waals surface area contributed by atoms with E-state index in [0.29, 0.717) is 6.42 Å². The SMILES string of the molecule is Cc1cc(C)cc(N2C(=O)C[C@H]([C@@H]3CCCC=C3[NH+]3CCOCC3)C2=O)c1. The van der Waals surface area contributed by atoms with Gasteiger partial charge in [-0.05, 0) is 62.4 Å². The van der Waals surface area contributed by atoms with Crippen molar-refractivity contribution in [2.24, 2.45) is 11.8 Å². The molecule has 0 saturated carbocycles. The Morgan fingerprint density at radius 3 is 2.44 bits per heavy atom. The molecule has 2 amide bonds. The van der Waals surface area contributed by atoms with E-state index in [1.54, 1.807) is 0 Å². The van der Waals surface area contributed by atoms with Crippen molar-refractivity contribution in [1.82, 2.24) is 0 Å². The van der Waals surface area contributed by atoms with E-state index in [2.05, 4.69) is 12.1 Å². The molecule has 2 aliphatic heterocycles. The monoisotopic (exact) mass is 369 g/mol. The maximum absolute atomic E-state index is 13.3. The Kier molecular flexibility index (Phi) is 5.15. The number of carbonyl (C=O) groups is 2. The molecule has 27 heavy (non-hydrogen) atoms. The first-order valence-electron chi connectivity index (χ1n) is 10.1. The summed E-state index contributed by atoms with van der Waals surface area (Å²) in [5.41, 5.74) is 4.22. The van der Waals surface area contributed by atoms with Crippen LogP contribution >= 0.6 is 0 Å². The summed E-state index contributed by atoms with van der Waals surface area (Å²) in [5.74, 6) is -0.119. The van der Waals surface area contributed by atoms with Crippen LogP contribution in [0.4, 0.5) is 5.69 Å². The fraction of sp³-hybridized carbons (Fsp3) is 0.545. The topological polar surface area (TPSA) is 51.1 Å². The standard InChI is InChI=1S/C22H28N2O3/c1-15-11-16(2)13-17(12-15)24-21(25)14-19(22(24)26)18-5-3-4-6-20(18)23-7-9-27-10-8-23/h6,11-13,18-19H,3-5,7-10,14H2,1-2H3/p+1/t18-,19+/m0/s1. The minimum atomic E-state index is -0.222. The van der Waals surface area contributed by atoms with Crippen LogP contribution in [0, 0.1) is 25.7 Å². The molecular weight excluding hydrogens is 340 g/mol. The Balaban J connectivity index is 1.60. The van der Waals surface area contributed by atoms with E-state index in [9.17, 15) is 9.59 Å². The summed E-state index contributed by atoms with van der Waals surface area (Å²) in [6.07, 6.45) is 5.83. The molecule has 2 saturated heterocycles. The molecular formula is C22H29N2O3+. The molecule has 0 radical (unpaired) electrons. The zero-order valence-corrected chi connectivity index (χ0v) is 16.3. The fourth-order valence-electron chi connectivity index (χ4n) is 4.95. The van der Waals surface area contributed by atoms with Crippen LogP contribution in [0.3, 0.4) is 0 Å². The Labute approximate surface area is 161 Å². The lowest BCUT2D eigenvalue weighted by Crippen LogP contribution is -3.13. The van der Waals surface area contributed by atoms with Crippen molar-refractivity contribution in [3.63, 3.8) is 0 Å². The number of hydrogen-bond acceptors (Lipinski definition) is 3. The molecule has 144 valence electrons. The molecule has 2 atom stereocenters. The van der Waals surface area contributed by atoms with E-state index in [-0.39, 0.29) is 23.7 Å². The van der Waals surface area contributed by atoms with Gasteiger partial charge in [0.2, 0.25) is 11.8 Å². The molecule has 0 spiro atoms. The van der Waals surface area contributed by atoms with Crippen LogP contribution in [0.15, 0.2) is 30.0 Å². The number of morpholine rings is 1. The Bertz CT molecular complexity index is 760. The highest BCUT2D eigenvalue weighted by Crippen LogP contribution is 2.37. The molecule has 0 bridgehead atoms. The minimum Gasteiger partial charge on any atom is -0.370 e. The molecule has 2 fully saturated rings. The second-order valence-electron chi connectivity index (χ2n) is 8.14. The van der Waals surface area contributed by atoms with Gasteiger partial charge in [-0.1, -0.05) is 6.07 Å². The molecule has 0 unspecified atom stereocenters. The van der Waals surface area contributed by atoms with Crippen LogP contribution in [0.2, 0.25) is 0 Å². The summed E-state index contributed by atoms with van der Waals surface area (Å²) in [5, 5.41) is 0. The predicted octanol–water partition coefficient (Wildman–Crippen LogP) is 1.78. The van der Waals surface area contributed by atoms with Crippen molar-refractivity contribution < 1.29 is 19.2 Å². The molecule has 1 aromatic rings. The number of allylic oxidation sites excluding steroid dienone is 2. The summed E-state index contributed by atoms with van der Waals surface area (Å²) in [6.45, 7) is 7.46. The molecule has 0 aromatic heterocycles. The van der Waals surface area contributed by atoms with Crippen LogP contribution in [-0.2, 0) is 14.3 Å². The van der Waals surface area contributed by atoms with Crippen LogP contribution in [0.1, 0.15) is 36.8 Å². The molecule has 1 aliphatic carbocycles. The number of hydrogen-bond donors (Lipinski definition) is 1. The van der Waals surface area contributed by atoms with Crippen LogP contribution in [0.25, 0.3) is 0 Å². The van der Waals surface area contributed by atoms with Crippen molar-refractivity contribution in [3.8, 4) is 0 Å². The Morgan fingerprint density at radius 1 is 1.04 bits per heavy atom. The van der Waals surface area contributed by atoms with Gasteiger partial charge in [0.15, 0.2) is 0 Å². The first-order chi connectivity index (χ1) is 13.0. The number of benzene rings is 1. The van der Waals surface area contributed by atoms with Gasteiger partial charge in [0.1, 0.15) is 18.8 Å². The molecule has 1 aromatic carbocycles. The zero-order valence-electron chi connectivity index (χ0n) is 16.3. The van der Waals surface area contributed by atoms with Crippen molar-refractivity contribution >= 4 is 17.5 Å². The number of anilines is 1. The average molecular weight is 369 g/mol. The second kappa shape index (κ2) is 7.56. The van der Waals surface area contributed by atoms with Gasteiger partial charge in [0.05, 0.1) is 24.8 Å². The third kappa shape index (κ3) is 3.58. The molecule has 2 heterocycles. The number of amides is 2. The molecule has 3 aliphatic rings. The first kappa shape index (κ1) is 18.4. The third-order valence-electron chi connectivity index (χ3n) is 6.12. The highest BCUT2D eigenvalue weighted by molar-refractivity contribution is 6.21.